The number of alkyl carbamates (subject to hydrolysis) is 1. The molecule has 1 aliphatic carbocycles. The first-order valence-electron chi connectivity index (χ1n) is 6.87. The van der Waals surface area contributed by atoms with E-state index in [1.54, 1.807) is 20.8 Å². The van der Waals surface area contributed by atoms with Gasteiger partial charge in [-0.1, -0.05) is 27.2 Å². The van der Waals surface area contributed by atoms with Crippen LogP contribution in [0.3, 0.4) is 0 Å². The van der Waals surface area contributed by atoms with Gasteiger partial charge in [0.25, 0.3) is 0 Å². The second kappa shape index (κ2) is 6.08. The Kier molecular flexibility index (Phi) is 4.93. The summed E-state index contributed by atoms with van der Waals surface area (Å²) in [6.07, 6.45) is 3.21. The first-order valence-corrected chi connectivity index (χ1v) is 6.87. The Hall–Kier alpha value is -1.83. The van der Waals surface area contributed by atoms with Gasteiger partial charge in [0, 0.05) is 5.41 Å². The lowest BCUT2D eigenvalue weighted by Gasteiger charge is -2.38. The summed E-state index contributed by atoms with van der Waals surface area (Å²) in [7, 11) is 0. The van der Waals surface area contributed by atoms with Crippen molar-refractivity contribution < 1.29 is 14.3 Å². The molecule has 0 aromatic heterocycles. The molecular formula is C15H22N2O3. The SMILES string of the molecule is CCCCOC(=O)NC1(C)C=C(C#N)C(=O)C(C)(C)C1. The standard InChI is InChI=1S/C15H22N2O3/c1-5-6-7-20-13(19)17-15(4)8-11(9-16)12(18)14(2,3)10-15/h8H,5-7,10H2,1-4H3,(H,17,19). The third-order valence-electron chi connectivity index (χ3n) is 3.37. The maximum absolute atomic E-state index is 12.0. The van der Waals surface area contributed by atoms with Gasteiger partial charge in [0.2, 0.25) is 0 Å². The van der Waals surface area contributed by atoms with E-state index in [2.05, 4.69) is 5.32 Å². The molecule has 0 aliphatic heterocycles. The monoisotopic (exact) mass is 278 g/mol. The first kappa shape index (κ1) is 16.2. The van der Waals surface area contributed by atoms with Gasteiger partial charge in [-0.15, -0.1) is 0 Å². The van der Waals surface area contributed by atoms with Gasteiger partial charge < -0.3 is 10.1 Å². The average Bonchev–Trinajstić information content (AvgIpc) is 2.33. The van der Waals surface area contributed by atoms with Crippen LogP contribution in [0.4, 0.5) is 4.79 Å². The smallest absolute Gasteiger partial charge is 0.407 e. The molecule has 5 heteroatoms. The molecule has 0 saturated carbocycles. The van der Waals surface area contributed by atoms with Crippen molar-refractivity contribution in [3.05, 3.63) is 11.6 Å². The Bertz CT molecular complexity index is 474. The van der Waals surface area contributed by atoms with Crippen LogP contribution in [0.15, 0.2) is 11.6 Å². The molecule has 0 fully saturated rings. The maximum atomic E-state index is 12.0. The minimum Gasteiger partial charge on any atom is -0.450 e. The predicted molar refractivity (Wildman–Crippen MR) is 74.9 cm³/mol. The molecule has 0 aromatic rings. The van der Waals surface area contributed by atoms with Gasteiger partial charge in [-0.25, -0.2) is 4.79 Å². The van der Waals surface area contributed by atoms with Gasteiger partial charge in [-0.2, -0.15) is 5.26 Å². The molecule has 0 saturated heterocycles. The van der Waals surface area contributed by atoms with Crippen molar-refractivity contribution in [2.45, 2.75) is 52.5 Å². The second-order valence-electron chi connectivity index (χ2n) is 6.09. The van der Waals surface area contributed by atoms with Crippen LogP contribution in [0.2, 0.25) is 0 Å². The lowest BCUT2D eigenvalue weighted by atomic mass is 9.69. The average molecular weight is 278 g/mol. The first-order chi connectivity index (χ1) is 9.24. The Morgan fingerprint density at radius 3 is 2.70 bits per heavy atom. The Morgan fingerprint density at radius 2 is 2.15 bits per heavy atom. The van der Waals surface area contributed by atoms with E-state index in [1.165, 1.54) is 6.08 Å². The van der Waals surface area contributed by atoms with Crippen LogP contribution < -0.4 is 5.32 Å². The zero-order chi connectivity index (χ0) is 15.4. The number of carbonyl (C=O) groups excluding carboxylic acids is 2. The zero-order valence-corrected chi connectivity index (χ0v) is 12.6. The highest BCUT2D eigenvalue weighted by Gasteiger charge is 2.43. The number of ether oxygens (including phenoxy) is 1. The Labute approximate surface area is 120 Å². The summed E-state index contributed by atoms with van der Waals surface area (Å²) in [6.45, 7) is 7.74. The molecule has 1 N–H and O–H groups in total. The van der Waals surface area contributed by atoms with Gasteiger partial charge in [0.15, 0.2) is 5.78 Å². The summed E-state index contributed by atoms with van der Waals surface area (Å²) in [4.78, 5) is 23.8. The minimum absolute atomic E-state index is 0.0950. The normalized spacial score (nSPS) is 24.6. The van der Waals surface area contributed by atoms with Crippen LogP contribution in [0.1, 0.15) is 47.0 Å². The van der Waals surface area contributed by atoms with Crippen LogP contribution in [0, 0.1) is 16.7 Å². The number of nitrogens with one attached hydrogen (secondary N) is 1. The molecule has 0 radical (unpaired) electrons. The lowest BCUT2D eigenvalue weighted by Crippen LogP contribution is -2.52. The van der Waals surface area contributed by atoms with Crippen molar-refractivity contribution in [3.8, 4) is 6.07 Å². The van der Waals surface area contributed by atoms with Gasteiger partial charge in [-0.3, -0.25) is 4.79 Å². The molecule has 0 bridgehead atoms. The number of allylic oxidation sites excluding steroid dienone is 1. The quantitative estimate of drug-likeness (QED) is 0.802. The van der Waals surface area contributed by atoms with E-state index in [-0.39, 0.29) is 11.4 Å². The van der Waals surface area contributed by atoms with Crippen molar-refractivity contribution in [3.63, 3.8) is 0 Å². The van der Waals surface area contributed by atoms with E-state index < -0.39 is 17.0 Å². The molecule has 1 amide bonds. The highest BCUT2D eigenvalue weighted by molar-refractivity contribution is 6.04. The van der Waals surface area contributed by atoms with Crippen molar-refractivity contribution >= 4 is 11.9 Å². The number of amides is 1. The van der Waals surface area contributed by atoms with E-state index in [1.807, 2.05) is 13.0 Å². The van der Waals surface area contributed by atoms with E-state index in [0.717, 1.165) is 12.8 Å². The molecule has 1 rings (SSSR count). The summed E-state index contributed by atoms with van der Waals surface area (Å²) in [5.74, 6) is -0.182. The van der Waals surface area contributed by atoms with Gasteiger partial charge in [-0.05, 0) is 25.8 Å². The number of hydrogen-bond acceptors (Lipinski definition) is 4. The number of rotatable bonds is 4. The Morgan fingerprint density at radius 1 is 1.50 bits per heavy atom. The number of carbonyl (C=O) groups is 2. The molecule has 110 valence electrons. The third-order valence-corrected chi connectivity index (χ3v) is 3.37. The number of nitrogens with zero attached hydrogens (tertiary/aromatic N) is 1. The van der Waals surface area contributed by atoms with E-state index in [4.69, 9.17) is 10.00 Å². The molecule has 20 heavy (non-hydrogen) atoms. The largest absolute Gasteiger partial charge is 0.450 e. The molecule has 1 unspecified atom stereocenters. The van der Waals surface area contributed by atoms with Crippen LogP contribution in [0.25, 0.3) is 0 Å². The van der Waals surface area contributed by atoms with Gasteiger partial charge in [0.1, 0.15) is 6.07 Å². The van der Waals surface area contributed by atoms with Gasteiger partial charge >= 0.3 is 6.09 Å². The topological polar surface area (TPSA) is 79.2 Å². The number of hydrogen-bond donors (Lipinski definition) is 1. The lowest BCUT2D eigenvalue weighted by molar-refractivity contribution is -0.124. The second-order valence-corrected chi connectivity index (χ2v) is 6.09. The van der Waals surface area contributed by atoms with Crippen molar-refractivity contribution in [2.24, 2.45) is 5.41 Å². The summed E-state index contributed by atoms with van der Waals surface area (Å²) in [6, 6.07) is 1.91. The highest BCUT2D eigenvalue weighted by atomic mass is 16.5. The van der Waals surface area contributed by atoms with E-state index >= 15 is 0 Å². The number of ketones is 1. The number of unbranched alkanes of at least 4 members (excludes halogenated alkanes) is 1. The third kappa shape index (κ3) is 3.83. The van der Waals surface area contributed by atoms with E-state index in [9.17, 15) is 9.59 Å². The van der Waals surface area contributed by atoms with Crippen molar-refractivity contribution in [2.75, 3.05) is 6.61 Å². The summed E-state index contributed by atoms with van der Waals surface area (Å²) in [5.41, 5.74) is -1.32. The molecule has 0 heterocycles. The fraction of sp³-hybridized carbons (Fsp3) is 0.667. The van der Waals surface area contributed by atoms with Crippen molar-refractivity contribution in [1.82, 2.24) is 5.32 Å². The fourth-order valence-corrected chi connectivity index (χ4v) is 2.54. The maximum Gasteiger partial charge on any atom is 0.407 e. The Balaban J connectivity index is 2.82. The molecule has 0 aromatic carbocycles. The summed E-state index contributed by atoms with van der Waals surface area (Å²) >= 11 is 0. The predicted octanol–water partition coefficient (Wildman–Crippen LogP) is 2.72. The molecule has 0 spiro atoms. The summed E-state index contributed by atoms with van der Waals surface area (Å²) in [5, 5.41) is 11.8. The number of nitriles is 1. The molecular weight excluding hydrogens is 256 g/mol. The van der Waals surface area contributed by atoms with Crippen LogP contribution in [-0.4, -0.2) is 24.0 Å². The molecule has 1 aliphatic rings. The van der Waals surface area contributed by atoms with Crippen LogP contribution in [-0.2, 0) is 9.53 Å². The van der Waals surface area contributed by atoms with Crippen LogP contribution >= 0.6 is 0 Å². The zero-order valence-electron chi connectivity index (χ0n) is 12.6. The number of Topliss-reactive ketones (excluding diaryl/α,β-unsaturated/α-hetero) is 1. The highest BCUT2D eigenvalue weighted by Crippen LogP contribution is 2.37. The van der Waals surface area contributed by atoms with Crippen molar-refractivity contribution in [1.29, 1.82) is 5.26 Å². The fourth-order valence-electron chi connectivity index (χ4n) is 2.54. The van der Waals surface area contributed by atoms with E-state index in [0.29, 0.717) is 13.0 Å². The molecule has 1 atom stereocenters. The van der Waals surface area contributed by atoms with Crippen LogP contribution in [0.5, 0.6) is 0 Å². The van der Waals surface area contributed by atoms with Gasteiger partial charge in [0.05, 0.1) is 17.7 Å². The summed E-state index contributed by atoms with van der Waals surface area (Å²) < 4.78 is 5.07. The minimum atomic E-state index is -0.744. The molecule has 5 nitrogen and oxygen atoms in total.